The average Bonchev–Trinajstić information content (AvgIpc) is 3.43. The average molecular weight is 504 g/mol. The van der Waals surface area contributed by atoms with E-state index in [0.29, 0.717) is 0 Å². The van der Waals surface area contributed by atoms with Crippen molar-refractivity contribution >= 4 is 42.5 Å². The van der Waals surface area contributed by atoms with Crippen molar-refractivity contribution in [3.63, 3.8) is 0 Å². The number of benzene rings is 5. The van der Waals surface area contributed by atoms with Gasteiger partial charge in [-0.25, -0.2) is 4.98 Å². The summed E-state index contributed by atoms with van der Waals surface area (Å²) in [6.45, 7) is 4.68. The normalized spacial score (nSPS) is 13.7. The number of rotatable bonds is 2. The maximum atomic E-state index is 5.02. The van der Waals surface area contributed by atoms with E-state index in [2.05, 4.69) is 129 Å². The molecule has 0 spiro atoms. The highest BCUT2D eigenvalue weighted by Gasteiger charge is 2.35. The molecule has 2 heterocycles. The van der Waals surface area contributed by atoms with Gasteiger partial charge in [0.1, 0.15) is 0 Å². The zero-order valence-electron chi connectivity index (χ0n) is 21.3. The maximum Gasteiger partial charge on any atom is 0.0896 e. The van der Waals surface area contributed by atoms with Crippen LogP contribution in [0.15, 0.2) is 115 Å². The Morgan fingerprint density at radius 3 is 2.05 bits per heavy atom. The fourth-order valence-electron chi connectivity index (χ4n) is 6.22. The summed E-state index contributed by atoms with van der Waals surface area (Å²) >= 11 is 1.82. The van der Waals surface area contributed by atoms with Gasteiger partial charge in [-0.1, -0.05) is 98.8 Å². The molecule has 1 aliphatic rings. The summed E-state index contributed by atoms with van der Waals surface area (Å²) in [4.78, 5) is 5.02. The van der Waals surface area contributed by atoms with Crippen LogP contribution in [0.25, 0.3) is 64.6 Å². The lowest BCUT2D eigenvalue weighted by Crippen LogP contribution is -2.14. The van der Waals surface area contributed by atoms with Crippen LogP contribution < -0.4 is 0 Å². The van der Waals surface area contributed by atoms with E-state index in [1.165, 1.54) is 64.7 Å². The van der Waals surface area contributed by atoms with Crippen LogP contribution in [-0.4, -0.2) is 4.98 Å². The van der Waals surface area contributed by atoms with Crippen LogP contribution in [0, 0.1) is 0 Å². The van der Waals surface area contributed by atoms with Crippen LogP contribution in [0.3, 0.4) is 0 Å². The fraction of sp³-hybridized carbons (Fsp3) is 0.0833. The Balaban J connectivity index is 1.16. The number of aromatic nitrogens is 1. The van der Waals surface area contributed by atoms with E-state index in [0.717, 1.165) is 11.0 Å². The molecule has 1 nitrogen and oxygen atoms in total. The third-order valence-electron chi connectivity index (χ3n) is 8.28. The van der Waals surface area contributed by atoms with Gasteiger partial charge in [-0.3, -0.25) is 0 Å². The predicted octanol–water partition coefficient (Wildman–Crippen LogP) is 10.2. The molecule has 0 atom stereocenters. The van der Waals surface area contributed by atoms with E-state index in [-0.39, 0.29) is 5.41 Å². The summed E-state index contributed by atoms with van der Waals surface area (Å²) in [6.07, 6.45) is 0. The molecule has 0 N–H and O–H groups in total. The number of nitrogens with zero attached hydrogens (tertiary/aromatic N) is 1. The molecule has 2 heteroatoms. The van der Waals surface area contributed by atoms with Gasteiger partial charge in [-0.2, -0.15) is 0 Å². The molecule has 7 aromatic rings. The number of pyridine rings is 1. The van der Waals surface area contributed by atoms with Gasteiger partial charge >= 0.3 is 0 Å². The van der Waals surface area contributed by atoms with Crippen molar-refractivity contribution in [2.24, 2.45) is 0 Å². The van der Waals surface area contributed by atoms with Gasteiger partial charge in [0.15, 0.2) is 0 Å². The number of fused-ring (bicyclic) bond motifs is 7. The molecule has 0 saturated heterocycles. The number of hydrogen-bond donors (Lipinski definition) is 0. The third-order valence-corrected chi connectivity index (χ3v) is 9.38. The number of hydrogen-bond acceptors (Lipinski definition) is 2. The molecule has 0 unspecified atom stereocenters. The van der Waals surface area contributed by atoms with Gasteiger partial charge in [-0.15, -0.1) is 11.3 Å². The Morgan fingerprint density at radius 2 is 1.21 bits per heavy atom. The van der Waals surface area contributed by atoms with Gasteiger partial charge in [0.2, 0.25) is 0 Å². The van der Waals surface area contributed by atoms with Crippen molar-refractivity contribution in [1.29, 1.82) is 0 Å². The van der Waals surface area contributed by atoms with Crippen molar-refractivity contribution in [3.8, 4) is 33.4 Å². The second-order valence-corrected chi connectivity index (χ2v) is 11.9. The van der Waals surface area contributed by atoms with E-state index in [4.69, 9.17) is 4.98 Å². The summed E-state index contributed by atoms with van der Waals surface area (Å²) in [7, 11) is 0. The minimum Gasteiger partial charge on any atom is -0.246 e. The molecule has 0 aliphatic heterocycles. The Bertz CT molecular complexity index is 2040. The van der Waals surface area contributed by atoms with Crippen LogP contribution in [0.1, 0.15) is 25.0 Å². The predicted molar refractivity (Wildman–Crippen MR) is 163 cm³/mol. The Kier molecular flexibility index (Phi) is 4.51. The summed E-state index contributed by atoms with van der Waals surface area (Å²) < 4.78 is 2.54. The van der Waals surface area contributed by atoms with E-state index in [9.17, 15) is 0 Å². The van der Waals surface area contributed by atoms with Crippen molar-refractivity contribution in [1.82, 2.24) is 4.98 Å². The molecular weight excluding hydrogens is 478 g/mol. The summed E-state index contributed by atoms with van der Waals surface area (Å²) in [5, 5.41) is 2.43. The zero-order chi connectivity index (χ0) is 25.4. The smallest absolute Gasteiger partial charge is 0.0896 e. The van der Waals surface area contributed by atoms with E-state index in [1.807, 2.05) is 11.3 Å². The second kappa shape index (κ2) is 7.86. The molecule has 0 amide bonds. The molecule has 0 radical (unpaired) electrons. The SMILES string of the molecule is CC1(C)c2ccccc2-c2ccc(-c3ccc(-c4ccc5nc6c(cc5c4)sc4ccccc46)cc3)cc21. The molecule has 8 rings (SSSR count). The van der Waals surface area contributed by atoms with Crippen molar-refractivity contribution < 1.29 is 0 Å². The first-order valence-corrected chi connectivity index (χ1v) is 14.0. The van der Waals surface area contributed by atoms with Gasteiger partial charge in [0.25, 0.3) is 0 Å². The third kappa shape index (κ3) is 3.14. The van der Waals surface area contributed by atoms with Crippen LogP contribution in [-0.2, 0) is 5.41 Å². The van der Waals surface area contributed by atoms with E-state index >= 15 is 0 Å². The van der Waals surface area contributed by atoms with Crippen LogP contribution in [0.2, 0.25) is 0 Å². The molecule has 180 valence electrons. The first kappa shape index (κ1) is 21.8. The van der Waals surface area contributed by atoms with Crippen LogP contribution in [0.4, 0.5) is 0 Å². The van der Waals surface area contributed by atoms with Crippen molar-refractivity contribution in [2.45, 2.75) is 19.3 Å². The van der Waals surface area contributed by atoms with Crippen molar-refractivity contribution in [2.75, 3.05) is 0 Å². The monoisotopic (exact) mass is 503 g/mol. The Hall–Kier alpha value is -4.27. The highest BCUT2D eigenvalue weighted by atomic mass is 32.1. The van der Waals surface area contributed by atoms with Gasteiger partial charge in [-0.05, 0) is 74.8 Å². The Labute approximate surface area is 226 Å². The maximum absolute atomic E-state index is 5.02. The largest absolute Gasteiger partial charge is 0.246 e. The molecule has 0 fully saturated rings. The highest BCUT2D eigenvalue weighted by molar-refractivity contribution is 7.25. The molecule has 1 aliphatic carbocycles. The van der Waals surface area contributed by atoms with Gasteiger partial charge < -0.3 is 0 Å². The van der Waals surface area contributed by atoms with E-state index < -0.39 is 0 Å². The lowest BCUT2D eigenvalue weighted by Gasteiger charge is -2.22. The lowest BCUT2D eigenvalue weighted by molar-refractivity contribution is 0.660. The van der Waals surface area contributed by atoms with Gasteiger partial charge in [0.05, 0.1) is 15.7 Å². The fourth-order valence-corrected chi connectivity index (χ4v) is 7.31. The quantitative estimate of drug-likeness (QED) is 0.229. The Morgan fingerprint density at radius 1 is 0.553 bits per heavy atom. The van der Waals surface area contributed by atoms with E-state index in [1.54, 1.807) is 0 Å². The highest BCUT2D eigenvalue weighted by Crippen LogP contribution is 2.49. The zero-order valence-corrected chi connectivity index (χ0v) is 22.1. The number of thiophene rings is 1. The van der Waals surface area contributed by atoms with Crippen LogP contribution >= 0.6 is 11.3 Å². The summed E-state index contributed by atoms with van der Waals surface area (Å²) in [5.41, 5.74) is 12.7. The summed E-state index contributed by atoms with van der Waals surface area (Å²) in [5.74, 6) is 0. The minimum absolute atomic E-state index is 0.0147. The molecule has 38 heavy (non-hydrogen) atoms. The van der Waals surface area contributed by atoms with Crippen molar-refractivity contribution in [3.05, 3.63) is 126 Å². The first-order chi connectivity index (χ1) is 18.6. The molecular formula is C36H25NS. The topological polar surface area (TPSA) is 12.9 Å². The molecule has 2 aromatic heterocycles. The lowest BCUT2D eigenvalue weighted by atomic mass is 9.81. The van der Waals surface area contributed by atoms with Crippen LogP contribution in [0.5, 0.6) is 0 Å². The summed E-state index contributed by atoms with van der Waals surface area (Å²) in [6, 6.07) is 42.2. The standard InChI is InChI=1S/C36H25NS/c1-36(2)30-9-5-3-7-27(30)28-17-15-25(20-31(28)36)23-13-11-22(12-14-23)24-16-18-32-26(19-24)21-34-35(37-32)29-8-4-6-10-33(29)38-34/h3-21H,1-2H3. The minimum atomic E-state index is 0.0147. The second-order valence-electron chi connectivity index (χ2n) is 10.8. The molecule has 5 aromatic carbocycles. The molecule has 0 saturated carbocycles. The molecule has 0 bridgehead atoms. The van der Waals surface area contributed by atoms with Gasteiger partial charge in [0, 0.05) is 20.9 Å². The first-order valence-electron chi connectivity index (χ1n) is 13.1.